The largest absolute Gasteiger partial charge is 0.370 e. The van der Waals surface area contributed by atoms with E-state index < -0.39 is 9.84 Å². The molecule has 1 saturated heterocycles. The van der Waals surface area contributed by atoms with Gasteiger partial charge in [-0.3, -0.25) is 4.98 Å². The zero-order chi connectivity index (χ0) is 18.3. The van der Waals surface area contributed by atoms with E-state index in [1.807, 2.05) is 31.2 Å². The maximum atomic E-state index is 13.4. The first-order valence-electron chi connectivity index (χ1n) is 8.62. The lowest BCUT2D eigenvalue weighted by atomic mass is 10.1. The summed E-state index contributed by atoms with van der Waals surface area (Å²) in [6.45, 7) is 3.61. The van der Waals surface area contributed by atoms with Crippen molar-refractivity contribution in [1.82, 2.24) is 4.98 Å². The maximum Gasteiger partial charge on any atom is 0.210 e. The molecule has 0 unspecified atom stereocenters. The highest BCUT2D eigenvalue weighted by Crippen LogP contribution is 2.38. The molecule has 0 amide bonds. The van der Waals surface area contributed by atoms with E-state index >= 15 is 0 Å². The van der Waals surface area contributed by atoms with Crippen molar-refractivity contribution in [3.8, 4) is 0 Å². The van der Waals surface area contributed by atoms with E-state index in [4.69, 9.17) is 11.6 Å². The van der Waals surface area contributed by atoms with Crippen molar-refractivity contribution in [2.24, 2.45) is 0 Å². The smallest absolute Gasteiger partial charge is 0.210 e. The second-order valence-corrected chi connectivity index (χ2v) is 9.00. The Balaban J connectivity index is 1.99. The van der Waals surface area contributed by atoms with Crippen LogP contribution >= 0.6 is 11.6 Å². The molecule has 134 valence electrons. The molecule has 2 heterocycles. The molecule has 0 atom stereocenters. The summed E-state index contributed by atoms with van der Waals surface area (Å²) in [4.78, 5) is 7.07. The molecule has 0 N–H and O–H groups in total. The second kappa shape index (κ2) is 6.56. The number of nitrogens with zero attached hydrogens (tertiary/aromatic N) is 2. The minimum atomic E-state index is -3.68. The number of pyridine rings is 1. The van der Waals surface area contributed by atoms with Crippen molar-refractivity contribution in [2.75, 3.05) is 18.0 Å². The number of halogens is 1. The number of aromatic nitrogens is 1. The Morgan fingerprint density at radius 2 is 1.73 bits per heavy atom. The molecule has 0 bridgehead atoms. The Morgan fingerprint density at radius 1 is 1.04 bits per heavy atom. The summed E-state index contributed by atoms with van der Waals surface area (Å²) in [5.74, 6) is 0. The molecule has 0 spiro atoms. The molecule has 0 saturated carbocycles. The van der Waals surface area contributed by atoms with Crippen molar-refractivity contribution < 1.29 is 8.42 Å². The van der Waals surface area contributed by atoms with Crippen LogP contribution in [0.4, 0.5) is 5.69 Å². The Labute approximate surface area is 158 Å². The van der Waals surface area contributed by atoms with Crippen LogP contribution in [0, 0.1) is 6.92 Å². The average molecular weight is 387 g/mol. The third-order valence-corrected chi connectivity index (χ3v) is 6.82. The number of hydrogen-bond acceptors (Lipinski definition) is 4. The van der Waals surface area contributed by atoms with Gasteiger partial charge in [-0.2, -0.15) is 0 Å². The molecule has 4 rings (SSSR count). The quantitative estimate of drug-likeness (QED) is 0.658. The molecule has 4 nitrogen and oxygen atoms in total. The van der Waals surface area contributed by atoms with Crippen LogP contribution in [0.15, 0.2) is 58.5 Å². The van der Waals surface area contributed by atoms with Gasteiger partial charge in [-0.15, -0.1) is 0 Å². The van der Waals surface area contributed by atoms with Crippen LogP contribution in [0.3, 0.4) is 0 Å². The summed E-state index contributed by atoms with van der Waals surface area (Å²) in [7, 11) is -3.68. The molecule has 1 aliphatic rings. The Bertz CT molecular complexity index is 1070. The monoisotopic (exact) mass is 386 g/mol. The number of anilines is 1. The van der Waals surface area contributed by atoms with Crippen LogP contribution < -0.4 is 4.90 Å². The van der Waals surface area contributed by atoms with Gasteiger partial charge < -0.3 is 4.90 Å². The molecule has 0 aliphatic carbocycles. The Morgan fingerprint density at radius 3 is 2.42 bits per heavy atom. The first-order valence-corrected chi connectivity index (χ1v) is 10.5. The van der Waals surface area contributed by atoms with Crippen LogP contribution in [-0.2, 0) is 9.84 Å². The zero-order valence-electron chi connectivity index (χ0n) is 14.4. The number of benzene rings is 2. The van der Waals surface area contributed by atoms with Crippen LogP contribution in [0.25, 0.3) is 10.9 Å². The number of sulfone groups is 1. The molecule has 6 heteroatoms. The van der Waals surface area contributed by atoms with E-state index in [2.05, 4.69) is 9.88 Å². The molecule has 0 radical (unpaired) electrons. The van der Waals surface area contributed by atoms with Gasteiger partial charge in [0.05, 0.1) is 16.1 Å². The molecule has 1 fully saturated rings. The topological polar surface area (TPSA) is 50.3 Å². The molecule has 1 aliphatic heterocycles. The molecule has 26 heavy (non-hydrogen) atoms. The molecule has 1 aromatic heterocycles. The standard InChI is InChI=1S/C20H19ClN2O2S/c1-14-4-7-16(8-5-14)26(24,25)19-13-22-18-9-6-15(21)12-17(18)20(19)23-10-2-3-11-23/h4-9,12-13H,2-3,10-11H2,1H3. The lowest BCUT2D eigenvalue weighted by Gasteiger charge is -2.23. The van der Waals surface area contributed by atoms with Crippen molar-refractivity contribution in [1.29, 1.82) is 0 Å². The summed E-state index contributed by atoms with van der Waals surface area (Å²) < 4.78 is 26.7. The van der Waals surface area contributed by atoms with Crippen molar-refractivity contribution in [2.45, 2.75) is 29.6 Å². The van der Waals surface area contributed by atoms with Crippen LogP contribution in [0.1, 0.15) is 18.4 Å². The minimum Gasteiger partial charge on any atom is -0.370 e. The lowest BCUT2D eigenvalue weighted by molar-refractivity contribution is 0.595. The number of hydrogen-bond donors (Lipinski definition) is 0. The average Bonchev–Trinajstić information content (AvgIpc) is 3.15. The third kappa shape index (κ3) is 2.95. The van der Waals surface area contributed by atoms with Gasteiger partial charge in [0.15, 0.2) is 0 Å². The van der Waals surface area contributed by atoms with Crippen LogP contribution in [0.2, 0.25) is 5.02 Å². The number of fused-ring (bicyclic) bond motifs is 1. The van der Waals surface area contributed by atoms with Gasteiger partial charge >= 0.3 is 0 Å². The van der Waals surface area contributed by atoms with Crippen molar-refractivity contribution in [3.63, 3.8) is 0 Å². The predicted molar refractivity (Wildman–Crippen MR) is 105 cm³/mol. The molecule has 2 aromatic carbocycles. The van der Waals surface area contributed by atoms with Gasteiger partial charge in [-0.1, -0.05) is 29.3 Å². The lowest BCUT2D eigenvalue weighted by Crippen LogP contribution is -2.21. The fraction of sp³-hybridized carbons (Fsp3) is 0.250. The summed E-state index contributed by atoms with van der Waals surface area (Å²) in [6, 6.07) is 12.4. The van der Waals surface area contributed by atoms with Gasteiger partial charge in [-0.25, -0.2) is 8.42 Å². The highest BCUT2D eigenvalue weighted by molar-refractivity contribution is 7.91. The predicted octanol–water partition coefficient (Wildman–Crippen LogP) is 4.63. The zero-order valence-corrected chi connectivity index (χ0v) is 16.0. The van der Waals surface area contributed by atoms with Gasteiger partial charge in [0.1, 0.15) is 4.90 Å². The SMILES string of the molecule is Cc1ccc(S(=O)(=O)c2cnc3ccc(Cl)cc3c2N2CCCC2)cc1. The third-order valence-electron chi connectivity index (χ3n) is 4.81. The summed E-state index contributed by atoms with van der Waals surface area (Å²) in [5.41, 5.74) is 2.49. The molecular weight excluding hydrogens is 368 g/mol. The fourth-order valence-electron chi connectivity index (χ4n) is 3.44. The first-order chi connectivity index (χ1) is 12.5. The highest BCUT2D eigenvalue weighted by atomic mass is 35.5. The van der Waals surface area contributed by atoms with Crippen LogP contribution in [0.5, 0.6) is 0 Å². The summed E-state index contributed by atoms with van der Waals surface area (Å²) in [6.07, 6.45) is 3.59. The fourth-order valence-corrected chi connectivity index (χ4v) is 5.05. The Hall–Kier alpha value is -2.11. The molecular formula is C20H19ClN2O2S. The maximum absolute atomic E-state index is 13.4. The van der Waals surface area contributed by atoms with Crippen LogP contribution in [-0.4, -0.2) is 26.5 Å². The van der Waals surface area contributed by atoms with Gasteiger partial charge in [0.25, 0.3) is 0 Å². The van der Waals surface area contributed by atoms with E-state index in [0.717, 1.165) is 48.1 Å². The van der Waals surface area contributed by atoms with E-state index in [1.165, 1.54) is 6.20 Å². The number of rotatable bonds is 3. The summed E-state index contributed by atoms with van der Waals surface area (Å²) in [5, 5.41) is 1.36. The normalized spacial score (nSPS) is 14.9. The number of aryl methyl sites for hydroxylation is 1. The molecule has 3 aromatic rings. The van der Waals surface area contributed by atoms with Gasteiger partial charge in [0, 0.05) is 29.7 Å². The Kier molecular flexibility index (Phi) is 4.37. The van der Waals surface area contributed by atoms with E-state index in [1.54, 1.807) is 18.2 Å². The van der Waals surface area contributed by atoms with Gasteiger partial charge in [-0.05, 0) is 50.1 Å². The minimum absolute atomic E-state index is 0.248. The summed E-state index contributed by atoms with van der Waals surface area (Å²) >= 11 is 6.20. The van der Waals surface area contributed by atoms with E-state index in [-0.39, 0.29) is 9.79 Å². The van der Waals surface area contributed by atoms with Gasteiger partial charge in [0.2, 0.25) is 9.84 Å². The highest BCUT2D eigenvalue weighted by Gasteiger charge is 2.28. The van der Waals surface area contributed by atoms with E-state index in [9.17, 15) is 8.42 Å². The first kappa shape index (κ1) is 17.3. The van der Waals surface area contributed by atoms with E-state index in [0.29, 0.717) is 5.02 Å². The second-order valence-electron chi connectivity index (χ2n) is 6.64. The van der Waals surface area contributed by atoms with Crippen molar-refractivity contribution >= 4 is 38.0 Å². The van der Waals surface area contributed by atoms with Crippen molar-refractivity contribution in [3.05, 3.63) is 59.2 Å².